The van der Waals surface area contributed by atoms with Gasteiger partial charge in [-0.2, -0.15) is 0 Å². The fraction of sp³-hybridized carbons (Fsp3) is 0.182. The van der Waals surface area contributed by atoms with Crippen LogP contribution in [0.2, 0.25) is 5.15 Å². The molecule has 0 bridgehead atoms. The van der Waals surface area contributed by atoms with Crippen molar-refractivity contribution >= 4 is 17.3 Å². The second kappa shape index (κ2) is 5.08. The van der Waals surface area contributed by atoms with Gasteiger partial charge >= 0.3 is 0 Å². The standard InChI is InChI=1S/C11H8ClF4N3/c1-19-7(12)3-17-8(19)4-18-11-9(15)5(13)2-6(14)10(11)16/h2-3,18H,4H2,1H3. The van der Waals surface area contributed by atoms with Crippen molar-refractivity contribution in [3.05, 3.63) is 46.5 Å². The molecule has 19 heavy (non-hydrogen) atoms. The highest BCUT2D eigenvalue weighted by atomic mass is 35.5. The Balaban J connectivity index is 2.27. The van der Waals surface area contributed by atoms with Crippen LogP contribution < -0.4 is 5.32 Å². The van der Waals surface area contributed by atoms with Crippen molar-refractivity contribution in [1.29, 1.82) is 0 Å². The molecule has 3 nitrogen and oxygen atoms in total. The topological polar surface area (TPSA) is 29.9 Å². The molecule has 0 aliphatic rings. The zero-order valence-corrected chi connectivity index (χ0v) is 10.4. The number of hydrogen-bond acceptors (Lipinski definition) is 2. The molecular formula is C11H8ClF4N3. The first-order valence-electron chi connectivity index (χ1n) is 5.14. The van der Waals surface area contributed by atoms with Crippen LogP contribution in [0.15, 0.2) is 12.3 Å². The molecule has 102 valence electrons. The third kappa shape index (κ3) is 2.51. The van der Waals surface area contributed by atoms with Crippen molar-refractivity contribution in [3.63, 3.8) is 0 Å². The number of aromatic nitrogens is 2. The number of nitrogens with zero attached hydrogens (tertiary/aromatic N) is 2. The molecule has 0 saturated carbocycles. The van der Waals surface area contributed by atoms with Gasteiger partial charge in [-0.15, -0.1) is 0 Å². The highest BCUT2D eigenvalue weighted by molar-refractivity contribution is 6.29. The molecule has 0 radical (unpaired) electrons. The lowest BCUT2D eigenvalue weighted by Gasteiger charge is -2.10. The summed E-state index contributed by atoms with van der Waals surface area (Å²) < 4.78 is 54.1. The van der Waals surface area contributed by atoms with E-state index in [-0.39, 0.29) is 12.6 Å². The van der Waals surface area contributed by atoms with Crippen LogP contribution in [-0.4, -0.2) is 9.55 Å². The lowest BCUT2D eigenvalue weighted by atomic mass is 10.2. The molecule has 2 aromatic rings. The van der Waals surface area contributed by atoms with Crippen molar-refractivity contribution in [1.82, 2.24) is 9.55 Å². The summed E-state index contributed by atoms with van der Waals surface area (Å²) >= 11 is 5.73. The largest absolute Gasteiger partial charge is 0.373 e. The van der Waals surface area contributed by atoms with Crippen molar-refractivity contribution < 1.29 is 17.6 Å². The van der Waals surface area contributed by atoms with E-state index in [1.165, 1.54) is 10.8 Å². The fourth-order valence-electron chi connectivity index (χ4n) is 1.48. The van der Waals surface area contributed by atoms with E-state index < -0.39 is 29.0 Å². The maximum atomic E-state index is 13.4. The Morgan fingerprint density at radius 3 is 2.26 bits per heavy atom. The van der Waals surface area contributed by atoms with Gasteiger partial charge in [-0.3, -0.25) is 0 Å². The molecule has 0 fully saturated rings. The number of benzene rings is 1. The van der Waals surface area contributed by atoms with Crippen molar-refractivity contribution in [2.75, 3.05) is 5.32 Å². The third-order valence-corrected chi connectivity index (χ3v) is 2.91. The second-order valence-electron chi connectivity index (χ2n) is 3.75. The SMILES string of the molecule is Cn1c(Cl)cnc1CNc1c(F)c(F)cc(F)c1F. The van der Waals surface area contributed by atoms with Gasteiger partial charge in [-0.1, -0.05) is 11.6 Å². The summed E-state index contributed by atoms with van der Waals surface area (Å²) in [5.41, 5.74) is -0.878. The fourth-order valence-corrected chi connectivity index (χ4v) is 1.63. The van der Waals surface area contributed by atoms with Crippen LogP contribution in [0.1, 0.15) is 5.82 Å². The van der Waals surface area contributed by atoms with Crippen molar-refractivity contribution in [2.24, 2.45) is 7.05 Å². The molecule has 1 aromatic heterocycles. The lowest BCUT2D eigenvalue weighted by molar-refractivity contribution is 0.458. The number of hydrogen-bond donors (Lipinski definition) is 1. The molecule has 0 unspecified atom stereocenters. The maximum Gasteiger partial charge on any atom is 0.185 e. The first-order valence-corrected chi connectivity index (χ1v) is 5.52. The van der Waals surface area contributed by atoms with Gasteiger partial charge in [-0.25, -0.2) is 22.5 Å². The molecular weight excluding hydrogens is 286 g/mol. The van der Waals surface area contributed by atoms with Crippen molar-refractivity contribution in [3.8, 4) is 0 Å². The third-order valence-electron chi connectivity index (χ3n) is 2.56. The minimum absolute atomic E-state index is 0.139. The number of halogens is 5. The normalized spacial score (nSPS) is 10.8. The molecule has 0 amide bonds. The van der Waals surface area contributed by atoms with E-state index in [1.807, 2.05) is 0 Å². The smallest absolute Gasteiger partial charge is 0.185 e. The average molecular weight is 294 g/mol. The maximum absolute atomic E-state index is 13.4. The van der Waals surface area contributed by atoms with Gasteiger partial charge in [0, 0.05) is 13.1 Å². The molecule has 1 N–H and O–H groups in total. The van der Waals surface area contributed by atoms with E-state index in [4.69, 9.17) is 11.6 Å². The highest BCUT2D eigenvalue weighted by Gasteiger charge is 2.19. The molecule has 0 saturated heterocycles. The summed E-state index contributed by atoms with van der Waals surface area (Å²) in [5.74, 6) is -5.56. The first kappa shape index (κ1) is 13.7. The van der Waals surface area contributed by atoms with Gasteiger partial charge in [0.05, 0.1) is 12.7 Å². The Kier molecular flexibility index (Phi) is 3.66. The van der Waals surface area contributed by atoms with Gasteiger partial charge in [0.1, 0.15) is 16.7 Å². The molecule has 0 atom stereocenters. The number of imidazole rings is 1. The number of anilines is 1. The second-order valence-corrected chi connectivity index (χ2v) is 4.14. The molecule has 0 spiro atoms. The minimum atomic E-state index is -1.49. The molecule has 1 aromatic carbocycles. The summed E-state index contributed by atoms with van der Waals surface area (Å²) in [4.78, 5) is 3.87. The zero-order chi connectivity index (χ0) is 14.2. The van der Waals surface area contributed by atoms with Gasteiger partial charge in [0.15, 0.2) is 23.3 Å². The monoisotopic (exact) mass is 293 g/mol. The predicted octanol–water partition coefficient (Wildman–Crippen LogP) is 3.24. The highest BCUT2D eigenvalue weighted by Crippen LogP contribution is 2.24. The molecule has 1 heterocycles. The van der Waals surface area contributed by atoms with Gasteiger partial charge in [-0.05, 0) is 0 Å². The first-order chi connectivity index (χ1) is 8.91. The van der Waals surface area contributed by atoms with E-state index in [0.717, 1.165) is 0 Å². The average Bonchev–Trinajstić information content (AvgIpc) is 2.68. The summed E-state index contributed by atoms with van der Waals surface area (Å²) in [7, 11) is 1.59. The molecule has 0 aliphatic heterocycles. The zero-order valence-electron chi connectivity index (χ0n) is 9.65. The van der Waals surface area contributed by atoms with Crippen LogP contribution in [0.25, 0.3) is 0 Å². The minimum Gasteiger partial charge on any atom is -0.373 e. The number of nitrogens with one attached hydrogen (secondary N) is 1. The van der Waals surface area contributed by atoms with Crippen molar-refractivity contribution in [2.45, 2.75) is 6.54 Å². The summed E-state index contributed by atoms with van der Waals surface area (Å²) in [6.45, 7) is -0.139. The summed E-state index contributed by atoms with van der Waals surface area (Å²) in [6, 6.07) is 0.146. The lowest BCUT2D eigenvalue weighted by Crippen LogP contribution is -2.10. The molecule has 2 rings (SSSR count). The van der Waals surface area contributed by atoms with E-state index in [0.29, 0.717) is 11.0 Å². The van der Waals surface area contributed by atoms with Gasteiger partial charge < -0.3 is 9.88 Å². The predicted molar refractivity (Wildman–Crippen MR) is 61.8 cm³/mol. The Morgan fingerprint density at radius 1 is 1.21 bits per heavy atom. The van der Waals surface area contributed by atoms with E-state index in [1.54, 1.807) is 7.05 Å². The summed E-state index contributed by atoms with van der Waals surface area (Å²) in [5, 5.41) is 2.58. The van der Waals surface area contributed by atoms with Crippen LogP contribution in [0, 0.1) is 23.3 Å². The Bertz CT molecular complexity index is 601. The van der Waals surface area contributed by atoms with Gasteiger partial charge in [0.25, 0.3) is 0 Å². The van der Waals surface area contributed by atoms with E-state index in [9.17, 15) is 17.6 Å². The molecule has 8 heteroatoms. The molecule has 0 aliphatic carbocycles. The van der Waals surface area contributed by atoms with Crippen LogP contribution in [0.3, 0.4) is 0 Å². The quantitative estimate of drug-likeness (QED) is 0.695. The van der Waals surface area contributed by atoms with Crippen LogP contribution in [0.4, 0.5) is 23.2 Å². The van der Waals surface area contributed by atoms with Gasteiger partial charge in [0.2, 0.25) is 0 Å². The van der Waals surface area contributed by atoms with Crippen LogP contribution in [0.5, 0.6) is 0 Å². The van der Waals surface area contributed by atoms with E-state index >= 15 is 0 Å². The Hall–Kier alpha value is -1.76. The Morgan fingerprint density at radius 2 is 1.79 bits per heavy atom. The number of rotatable bonds is 3. The Labute approximate surface area is 110 Å². The van der Waals surface area contributed by atoms with E-state index in [2.05, 4.69) is 10.3 Å². The van der Waals surface area contributed by atoms with Crippen LogP contribution in [-0.2, 0) is 13.6 Å². The van der Waals surface area contributed by atoms with Crippen LogP contribution >= 0.6 is 11.6 Å². The summed E-state index contributed by atoms with van der Waals surface area (Å²) in [6.07, 6.45) is 1.34.